The number of hydrogen-bond donors (Lipinski definition) is 1. The summed E-state index contributed by atoms with van der Waals surface area (Å²) in [6, 6.07) is 7.13. The third kappa shape index (κ3) is 4.51. The van der Waals surface area contributed by atoms with Crippen molar-refractivity contribution in [1.29, 1.82) is 0 Å². The molecule has 2 rings (SSSR count). The molecule has 0 radical (unpaired) electrons. The third-order valence-corrected chi connectivity index (χ3v) is 4.86. The highest BCUT2D eigenvalue weighted by atomic mass is 16.2. The van der Waals surface area contributed by atoms with E-state index in [0.29, 0.717) is 13.1 Å². The summed E-state index contributed by atoms with van der Waals surface area (Å²) in [7, 11) is 5.76. The molecular formula is C19H30N4O2. The molecule has 1 aliphatic heterocycles. The highest BCUT2D eigenvalue weighted by molar-refractivity contribution is 5.98. The number of carbonyl (C=O) groups is 2. The van der Waals surface area contributed by atoms with Crippen molar-refractivity contribution in [2.75, 3.05) is 39.5 Å². The lowest BCUT2D eigenvalue weighted by atomic mass is 9.97. The van der Waals surface area contributed by atoms with Crippen molar-refractivity contribution in [3.8, 4) is 0 Å². The van der Waals surface area contributed by atoms with Gasteiger partial charge in [0.1, 0.15) is 6.04 Å². The molecule has 0 unspecified atom stereocenters. The molecule has 138 valence electrons. The molecule has 1 aromatic rings. The van der Waals surface area contributed by atoms with Gasteiger partial charge < -0.3 is 20.0 Å². The van der Waals surface area contributed by atoms with Crippen LogP contribution in [-0.2, 0) is 11.3 Å². The fraction of sp³-hybridized carbons (Fsp3) is 0.579. The number of amides is 3. The Bertz CT molecular complexity index is 617. The second kappa shape index (κ2) is 8.34. The van der Waals surface area contributed by atoms with Crippen LogP contribution >= 0.6 is 0 Å². The number of anilines is 1. The summed E-state index contributed by atoms with van der Waals surface area (Å²) in [5.74, 6) is -0.0193. The quantitative estimate of drug-likeness (QED) is 0.891. The zero-order chi connectivity index (χ0) is 18.6. The fourth-order valence-electron chi connectivity index (χ4n) is 3.05. The van der Waals surface area contributed by atoms with Crippen molar-refractivity contribution in [3.63, 3.8) is 0 Å². The first-order chi connectivity index (χ1) is 11.8. The molecule has 6 nitrogen and oxygen atoms in total. The van der Waals surface area contributed by atoms with Crippen LogP contribution in [0.15, 0.2) is 24.3 Å². The largest absolute Gasteiger partial charge is 0.326 e. The monoisotopic (exact) mass is 346 g/mol. The van der Waals surface area contributed by atoms with Crippen LogP contribution in [0.25, 0.3) is 0 Å². The molecule has 0 saturated heterocycles. The fourth-order valence-corrected chi connectivity index (χ4v) is 3.05. The predicted molar refractivity (Wildman–Crippen MR) is 100 cm³/mol. The molecule has 1 heterocycles. The minimum atomic E-state index is -0.466. The number of fused-ring (bicyclic) bond motifs is 1. The van der Waals surface area contributed by atoms with Crippen LogP contribution in [0.1, 0.15) is 25.8 Å². The van der Waals surface area contributed by atoms with Gasteiger partial charge in [0.25, 0.3) is 0 Å². The number of nitrogens with zero attached hydrogens (tertiary/aromatic N) is 3. The van der Waals surface area contributed by atoms with Crippen LogP contribution in [0.2, 0.25) is 0 Å². The molecule has 1 aliphatic rings. The van der Waals surface area contributed by atoms with E-state index in [2.05, 4.69) is 5.32 Å². The minimum absolute atomic E-state index is 0.0838. The molecule has 6 heteroatoms. The lowest BCUT2D eigenvalue weighted by Gasteiger charge is -2.35. The molecule has 0 spiro atoms. The van der Waals surface area contributed by atoms with E-state index in [0.717, 1.165) is 24.2 Å². The molecule has 2 atom stereocenters. The Morgan fingerprint density at radius 3 is 2.60 bits per heavy atom. The van der Waals surface area contributed by atoms with Crippen LogP contribution < -0.4 is 5.32 Å². The Kier molecular flexibility index (Phi) is 6.42. The Labute approximate surface area is 150 Å². The maximum absolute atomic E-state index is 13.1. The first-order valence-electron chi connectivity index (χ1n) is 8.90. The van der Waals surface area contributed by atoms with Crippen molar-refractivity contribution < 1.29 is 9.59 Å². The maximum Gasteiger partial charge on any atom is 0.320 e. The lowest BCUT2D eigenvalue weighted by molar-refractivity contribution is -0.122. The molecular weight excluding hydrogens is 316 g/mol. The van der Waals surface area contributed by atoms with Crippen molar-refractivity contribution in [2.45, 2.75) is 32.9 Å². The Morgan fingerprint density at radius 1 is 1.28 bits per heavy atom. The summed E-state index contributed by atoms with van der Waals surface area (Å²) in [5.41, 5.74) is 1.77. The van der Waals surface area contributed by atoms with E-state index in [4.69, 9.17) is 0 Å². The number of hydrogen-bond acceptors (Lipinski definition) is 3. The van der Waals surface area contributed by atoms with Gasteiger partial charge in [0.15, 0.2) is 0 Å². The summed E-state index contributed by atoms with van der Waals surface area (Å²) in [6.07, 6.45) is 0.833. The molecule has 1 N–H and O–H groups in total. The number of urea groups is 1. The molecule has 0 aromatic heterocycles. The lowest BCUT2D eigenvalue weighted by Crippen LogP contribution is -2.53. The van der Waals surface area contributed by atoms with E-state index in [1.54, 1.807) is 16.8 Å². The van der Waals surface area contributed by atoms with E-state index >= 15 is 0 Å². The van der Waals surface area contributed by atoms with Gasteiger partial charge in [-0.2, -0.15) is 0 Å². The molecule has 25 heavy (non-hydrogen) atoms. The van der Waals surface area contributed by atoms with E-state index in [9.17, 15) is 9.59 Å². The molecule has 0 aliphatic carbocycles. The van der Waals surface area contributed by atoms with Crippen molar-refractivity contribution >= 4 is 17.6 Å². The maximum atomic E-state index is 13.1. The molecule has 0 saturated carbocycles. The number of nitrogens with one attached hydrogen (secondary N) is 1. The molecule has 1 aromatic carbocycles. The van der Waals surface area contributed by atoms with Gasteiger partial charge in [-0.1, -0.05) is 38.5 Å². The van der Waals surface area contributed by atoms with Gasteiger partial charge in [-0.15, -0.1) is 0 Å². The number of benzene rings is 1. The Balaban J connectivity index is 2.31. The Morgan fingerprint density at radius 2 is 1.96 bits per heavy atom. The van der Waals surface area contributed by atoms with Crippen LogP contribution in [-0.4, -0.2) is 66.9 Å². The summed E-state index contributed by atoms with van der Waals surface area (Å²) < 4.78 is 0. The summed E-state index contributed by atoms with van der Waals surface area (Å²) in [6.45, 7) is 5.93. The van der Waals surface area contributed by atoms with E-state index in [1.165, 1.54) is 0 Å². The van der Waals surface area contributed by atoms with Gasteiger partial charge in [-0.05, 0) is 31.6 Å². The zero-order valence-corrected chi connectivity index (χ0v) is 16.0. The topological polar surface area (TPSA) is 55.9 Å². The average Bonchev–Trinajstić information content (AvgIpc) is 2.73. The normalized spacial score (nSPS) is 18.4. The second-order valence-corrected chi connectivity index (χ2v) is 7.11. The predicted octanol–water partition coefficient (Wildman–Crippen LogP) is 2.47. The second-order valence-electron chi connectivity index (χ2n) is 7.11. The van der Waals surface area contributed by atoms with Gasteiger partial charge in [0.2, 0.25) is 5.91 Å². The first kappa shape index (κ1) is 19.2. The molecule has 0 bridgehead atoms. The highest BCUT2D eigenvalue weighted by Gasteiger charge is 2.37. The van der Waals surface area contributed by atoms with E-state index in [1.807, 2.05) is 57.1 Å². The first-order valence-corrected chi connectivity index (χ1v) is 8.90. The standard InChI is InChI=1S/C19H30N4O2/c1-6-14(2)17-18(24)20-16-10-8-7-9-15(16)13-23(17)19(25)22(5)12-11-21(3)4/h7-10,14,17H,6,11-13H2,1-5H3,(H,20,24)/t14-,17-/m0/s1. The van der Waals surface area contributed by atoms with Gasteiger partial charge >= 0.3 is 6.03 Å². The number of para-hydroxylation sites is 1. The summed E-state index contributed by atoms with van der Waals surface area (Å²) in [5, 5.41) is 3.00. The van der Waals surface area contributed by atoms with Gasteiger partial charge in [0.05, 0.1) is 6.54 Å². The van der Waals surface area contributed by atoms with E-state index < -0.39 is 6.04 Å². The molecule has 3 amide bonds. The van der Waals surface area contributed by atoms with Crippen molar-refractivity contribution in [2.24, 2.45) is 5.92 Å². The van der Waals surface area contributed by atoms with Crippen LogP contribution in [0, 0.1) is 5.92 Å². The number of carbonyl (C=O) groups excluding carboxylic acids is 2. The zero-order valence-electron chi connectivity index (χ0n) is 16.0. The average molecular weight is 346 g/mol. The Hall–Kier alpha value is -2.08. The number of rotatable bonds is 5. The van der Waals surface area contributed by atoms with Crippen molar-refractivity contribution in [3.05, 3.63) is 29.8 Å². The van der Waals surface area contributed by atoms with E-state index in [-0.39, 0.29) is 17.9 Å². The van der Waals surface area contributed by atoms with Gasteiger partial charge in [0, 0.05) is 25.8 Å². The highest BCUT2D eigenvalue weighted by Crippen LogP contribution is 2.27. The summed E-state index contributed by atoms with van der Waals surface area (Å²) in [4.78, 5) is 31.4. The SMILES string of the molecule is CC[C@H](C)[C@H]1C(=O)Nc2ccccc2CN1C(=O)N(C)CCN(C)C. The number of likely N-dealkylation sites (N-methyl/N-ethyl adjacent to an activating group) is 2. The van der Waals surface area contributed by atoms with Crippen LogP contribution in [0.3, 0.4) is 0 Å². The van der Waals surface area contributed by atoms with Crippen LogP contribution in [0.5, 0.6) is 0 Å². The van der Waals surface area contributed by atoms with Gasteiger partial charge in [-0.25, -0.2) is 4.79 Å². The van der Waals surface area contributed by atoms with Gasteiger partial charge in [-0.3, -0.25) is 4.79 Å². The van der Waals surface area contributed by atoms with Crippen LogP contribution in [0.4, 0.5) is 10.5 Å². The van der Waals surface area contributed by atoms with Crippen molar-refractivity contribution in [1.82, 2.24) is 14.7 Å². The molecule has 0 fully saturated rings. The third-order valence-electron chi connectivity index (χ3n) is 4.86. The summed E-state index contributed by atoms with van der Waals surface area (Å²) >= 11 is 0. The minimum Gasteiger partial charge on any atom is -0.326 e. The smallest absolute Gasteiger partial charge is 0.320 e.